The molecule has 34 heavy (non-hydrogen) atoms. The zero-order chi connectivity index (χ0) is 23.5. The number of aromatic nitrogens is 2. The van der Waals surface area contributed by atoms with Crippen molar-refractivity contribution in [2.75, 3.05) is 6.16 Å². The summed E-state index contributed by atoms with van der Waals surface area (Å²) in [5, 5.41) is 5.10. The number of hydrogen-bond donors (Lipinski definition) is 0. The molecular formula is C28H30BrN2O2P. The zero-order valence-corrected chi connectivity index (χ0v) is 21.7. The number of hydrogen-bond acceptors (Lipinski definition) is 3. The second-order valence-electron chi connectivity index (χ2n) is 9.19. The van der Waals surface area contributed by atoms with Crippen molar-refractivity contribution in [1.82, 2.24) is 9.72 Å². The molecule has 0 radical (unpaired) electrons. The molecule has 176 valence electrons. The van der Waals surface area contributed by atoms with Gasteiger partial charge in [0.05, 0.1) is 0 Å². The Hall–Kier alpha value is -2.49. The van der Waals surface area contributed by atoms with Crippen molar-refractivity contribution < 1.29 is 4.52 Å². The van der Waals surface area contributed by atoms with Gasteiger partial charge in [0, 0.05) is 0 Å². The Balaban J connectivity index is 1.58. The standard InChI is InChI=1S/C28H30BrN2O2P/c29-34(24-15-4-1-5-16-24,25-17-6-2-7-18-25,26-19-8-3-9-20-26)22-12-14-23-13-10-11-21-27-30-33-28(32)31(23)27/h1-9,15-20,23H,10-14,21-22H2. The van der Waals surface area contributed by atoms with Gasteiger partial charge in [0.2, 0.25) is 0 Å². The first kappa shape index (κ1) is 23.3. The Morgan fingerprint density at radius 1 is 0.853 bits per heavy atom. The molecule has 6 heteroatoms. The Labute approximate surface area is 208 Å². The Morgan fingerprint density at radius 2 is 1.38 bits per heavy atom. The third-order valence-corrected chi connectivity index (χ3v) is 17.3. The van der Waals surface area contributed by atoms with Crippen molar-refractivity contribution >= 4 is 36.7 Å². The van der Waals surface area contributed by atoms with E-state index in [9.17, 15) is 4.79 Å². The van der Waals surface area contributed by atoms with Crippen molar-refractivity contribution in [3.05, 3.63) is 107 Å². The van der Waals surface area contributed by atoms with Crippen LogP contribution in [0.3, 0.4) is 0 Å². The van der Waals surface area contributed by atoms with E-state index >= 15 is 0 Å². The van der Waals surface area contributed by atoms with Crippen LogP contribution >= 0.6 is 20.8 Å². The summed E-state index contributed by atoms with van der Waals surface area (Å²) in [4.78, 5) is 12.4. The molecule has 0 aliphatic carbocycles. The van der Waals surface area contributed by atoms with E-state index in [0.717, 1.165) is 50.5 Å². The Bertz CT molecular complexity index is 1190. The SMILES string of the molecule is O=c1onc2n1C(CCCP(Br)(c1ccccc1)(c1ccccc1)c1ccccc1)CCCC2. The maximum atomic E-state index is 12.4. The van der Waals surface area contributed by atoms with E-state index in [1.807, 2.05) is 4.57 Å². The quantitative estimate of drug-likeness (QED) is 0.283. The molecule has 0 saturated carbocycles. The summed E-state index contributed by atoms with van der Waals surface area (Å²) in [7, 11) is 0. The van der Waals surface area contributed by atoms with Crippen molar-refractivity contribution in [2.24, 2.45) is 0 Å². The van der Waals surface area contributed by atoms with Crippen LogP contribution in [0.25, 0.3) is 0 Å². The van der Waals surface area contributed by atoms with E-state index in [1.165, 1.54) is 15.9 Å². The summed E-state index contributed by atoms with van der Waals surface area (Å²) < 4.78 is 6.86. The van der Waals surface area contributed by atoms with Gasteiger partial charge in [0.25, 0.3) is 0 Å². The molecule has 0 saturated heterocycles. The molecule has 4 aromatic rings. The van der Waals surface area contributed by atoms with Gasteiger partial charge >= 0.3 is 209 Å². The second-order valence-corrected chi connectivity index (χ2v) is 18.2. The third kappa shape index (κ3) is 3.99. The average molecular weight is 537 g/mol. The molecule has 1 atom stereocenters. The van der Waals surface area contributed by atoms with E-state index in [-0.39, 0.29) is 11.8 Å². The minimum atomic E-state index is -2.94. The molecule has 1 unspecified atom stereocenters. The van der Waals surface area contributed by atoms with E-state index < -0.39 is 5.31 Å². The van der Waals surface area contributed by atoms with Gasteiger partial charge in [-0.25, -0.2) is 0 Å². The van der Waals surface area contributed by atoms with E-state index in [0.29, 0.717) is 0 Å². The molecular weight excluding hydrogens is 507 g/mol. The fourth-order valence-corrected chi connectivity index (χ4v) is 13.3. The van der Waals surface area contributed by atoms with Gasteiger partial charge in [-0.15, -0.1) is 0 Å². The summed E-state index contributed by atoms with van der Waals surface area (Å²) in [5.74, 6) is 0.491. The first-order valence-electron chi connectivity index (χ1n) is 12.1. The molecule has 0 fully saturated rings. The molecule has 0 amide bonds. The number of rotatable bonds is 7. The second kappa shape index (κ2) is 9.64. The summed E-state index contributed by atoms with van der Waals surface area (Å²) in [6.07, 6.45) is 6.84. The summed E-state index contributed by atoms with van der Waals surface area (Å²) in [6.45, 7) is 0. The predicted octanol–water partition coefficient (Wildman–Crippen LogP) is 5.72. The minimum absolute atomic E-state index is 0.139. The van der Waals surface area contributed by atoms with E-state index in [4.69, 9.17) is 4.52 Å². The van der Waals surface area contributed by atoms with Gasteiger partial charge in [-0.3, -0.25) is 0 Å². The van der Waals surface area contributed by atoms with Crippen LogP contribution in [-0.2, 0) is 6.42 Å². The molecule has 1 aromatic heterocycles. The number of nitrogens with zero attached hydrogens (tertiary/aromatic N) is 2. The van der Waals surface area contributed by atoms with Gasteiger partial charge in [-0.1, -0.05) is 0 Å². The maximum absolute atomic E-state index is 12.4. The molecule has 3 aromatic carbocycles. The molecule has 0 bridgehead atoms. The van der Waals surface area contributed by atoms with Crippen LogP contribution < -0.4 is 21.7 Å². The Kier molecular flexibility index (Phi) is 6.59. The molecule has 1 aliphatic rings. The van der Waals surface area contributed by atoms with Crippen LogP contribution in [0.2, 0.25) is 0 Å². The third-order valence-electron chi connectivity index (χ3n) is 7.26. The molecule has 4 nitrogen and oxygen atoms in total. The molecule has 0 spiro atoms. The summed E-state index contributed by atoms with van der Waals surface area (Å²) >= 11 is 4.53. The zero-order valence-electron chi connectivity index (χ0n) is 19.2. The topological polar surface area (TPSA) is 48.0 Å². The number of aryl methyl sites for hydroxylation is 1. The van der Waals surface area contributed by atoms with E-state index in [1.54, 1.807) is 0 Å². The Morgan fingerprint density at radius 3 is 1.91 bits per heavy atom. The fourth-order valence-electron chi connectivity index (χ4n) is 5.55. The van der Waals surface area contributed by atoms with E-state index in [2.05, 4.69) is 112 Å². The normalized spacial score (nSPS) is 17.3. The predicted molar refractivity (Wildman–Crippen MR) is 146 cm³/mol. The fraction of sp³-hybridized carbons (Fsp3) is 0.286. The van der Waals surface area contributed by atoms with Gasteiger partial charge in [0.15, 0.2) is 0 Å². The van der Waals surface area contributed by atoms with Gasteiger partial charge in [-0.2, -0.15) is 0 Å². The van der Waals surface area contributed by atoms with Crippen LogP contribution in [0.4, 0.5) is 0 Å². The summed E-state index contributed by atoms with van der Waals surface area (Å²) in [5.41, 5.74) is 0. The van der Waals surface area contributed by atoms with Crippen LogP contribution in [0.5, 0.6) is 0 Å². The van der Waals surface area contributed by atoms with Crippen LogP contribution in [0, 0.1) is 0 Å². The number of fused-ring (bicyclic) bond motifs is 1. The summed E-state index contributed by atoms with van der Waals surface area (Å²) in [6, 6.07) is 32.8. The van der Waals surface area contributed by atoms with Crippen LogP contribution in [-0.4, -0.2) is 15.9 Å². The van der Waals surface area contributed by atoms with Crippen LogP contribution in [0.1, 0.15) is 44.0 Å². The average Bonchev–Trinajstić information content (AvgIpc) is 3.14. The number of benzene rings is 3. The van der Waals surface area contributed by atoms with Gasteiger partial charge < -0.3 is 0 Å². The van der Waals surface area contributed by atoms with Crippen molar-refractivity contribution in [3.8, 4) is 0 Å². The van der Waals surface area contributed by atoms with Crippen molar-refractivity contribution in [3.63, 3.8) is 0 Å². The molecule has 0 N–H and O–H groups in total. The van der Waals surface area contributed by atoms with Crippen LogP contribution in [0.15, 0.2) is 100 Å². The molecule has 2 heterocycles. The van der Waals surface area contributed by atoms with Crippen molar-refractivity contribution in [2.45, 2.75) is 44.6 Å². The number of halogens is 1. The van der Waals surface area contributed by atoms with Crippen molar-refractivity contribution in [1.29, 1.82) is 0 Å². The first-order chi connectivity index (χ1) is 16.6. The van der Waals surface area contributed by atoms with Gasteiger partial charge in [-0.05, 0) is 0 Å². The first-order valence-corrected chi connectivity index (χ1v) is 16.5. The monoisotopic (exact) mass is 536 g/mol. The molecule has 1 aliphatic heterocycles. The molecule has 5 rings (SSSR count). The van der Waals surface area contributed by atoms with Gasteiger partial charge in [0.1, 0.15) is 0 Å².